The van der Waals surface area contributed by atoms with Gasteiger partial charge < -0.3 is 4.98 Å². The topological polar surface area (TPSA) is 95.9 Å². The molecule has 0 radical (unpaired) electrons. The third kappa shape index (κ3) is 2.75. The van der Waals surface area contributed by atoms with Crippen molar-refractivity contribution in [3.8, 4) is 11.3 Å². The molecule has 1 aliphatic carbocycles. The number of hydrogen-bond donors (Lipinski definition) is 2. The zero-order valence-corrected chi connectivity index (χ0v) is 15.7. The summed E-state index contributed by atoms with van der Waals surface area (Å²) in [6.07, 6.45) is 5.81. The Morgan fingerprint density at radius 3 is 2.86 bits per heavy atom. The van der Waals surface area contributed by atoms with Crippen molar-refractivity contribution in [2.75, 3.05) is 0 Å². The van der Waals surface area contributed by atoms with E-state index in [0.29, 0.717) is 17.2 Å². The van der Waals surface area contributed by atoms with Crippen LogP contribution < -0.4 is 11.2 Å². The zero-order valence-electron chi connectivity index (χ0n) is 14.9. The van der Waals surface area contributed by atoms with Crippen LogP contribution in [-0.4, -0.2) is 24.6 Å². The highest BCUT2D eigenvalue weighted by Gasteiger charge is 2.41. The third-order valence-corrected chi connectivity index (χ3v) is 5.70. The zero-order chi connectivity index (χ0) is 19.4. The van der Waals surface area contributed by atoms with Crippen molar-refractivity contribution in [2.45, 2.75) is 25.2 Å². The first-order valence-electron chi connectivity index (χ1n) is 8.94. The number of nitrogens with zero attached hydrogens (tertiary/aromatic N) is 3. The number of imidazole rings is 1. The van der Waals surface area contributed by atoms with Crippen molar-refractivity contribution >= 4 is 17.2 Å². The Balaban J connectivity index is 1.60. The van der Waals surface area contributed by atoms with E-state index in [4.69, 9.17) is 11.6 Å². The SMILES string of the molecule is Cc1ccc([C@H]2C[C@@H]2c2cc(-c3c[nH]c(=O)[nH]c3=O)nn3ccnc23)cc1Cl. The molecule has 0 amide bonds. The molecule has 0 unspecified atom stereocenters. The minimum absolute atomic E-state index is 0.271. The van der Waals surface area contributed by atoms with Crippen molar-refractivity contribution in [3.63, 3.8) is 0 Å². The quantitative estimate of drug-likeness (QED) is 0.559. The molecule has 2 N–H and O–H groups in total. The van der Waals surface area contributed by atoms with Crippen LogP contribution in [0.1, 0.15) is 34.9 Å². The maximum Gasteiger partial charge on any atom is 0.325 e. The van der Waals surface area contributed by atoms with Gasteiger partial charge in [0.05, 0.1) is 11.3 Å². The molecule has 3 aromatic heterocycles. The lowest BCUT2D eigenvalue weighted by molar-refractivity contribution is 0.906. The van der Waals surface area contributed by atoms with Crippen molar-refractivity contribution in [1.29, 1.82) is 0 Å². The Hall–Kier alpha value is -3.19. The minimum atomic E-state index is -0.545. The van der Waals surface area contributed by atoms with Crippen LogP contribution in [0.4, 0.5) is 0 Å². The monoisotopic (exact) mass is 393 g/mol. The van der Waals surface area contributed by atoms with Gasteiger partial charge in [-0.1, -0.05) is 23.7 Å². The van der Waals surface area contributed by atoms with E-state index in [9.17, 15) is 9.59 Å². The summed E-state index contributed by atoms with van der Waals surface area (Å²) in [7, 11) is 0. The Morgan fingerprint density at radius 2 is 2.07 bits per heavy atom. The highest BCUT2D eigenvalue weighted by atomic mass is 35.5. The lowest BCUT2D eigenvalue weighted by Gasteiger charge is -2.08. The van der Waals surface area contributed by atoms with Gasteiger partial charge in [0.25, 0.3) is 5.56 Å². The number of fused-ring (bicyclic) bond motifs is 1. The lowest BCUT2D eigenvalue weighted by atomic mass is 10.0. The minimum Gasteiger partial charge on any atom is -0.313 e. The Morgan fingerprint density at radius 1 is 1.21 bits per heavy atom. The summed E-state index contributed by atoms with van der Waals surface area (Å²) in [5, 5.41) is 5.25. The molecular formula is C20H16ClN5O2. The van der Waals surface area contributed by atoms with Crippen LogP contribution in [0.25, 0.3) is 16.9 Å². The number of aryl methyl sites for hydroxylation is 1. The van der Waals surface area contributed by atoms with Gasteiger partial charge in [-0.3, -0.25) is 9.78 Å². The fraction of sp³-hybridized carbons (Fsp3) is 0.200. The van der Waals surface area contributed by atoms with Crippen LogP contribution in [0, 0.1) is 6.92 Å². The first kappa shape index (κ1) is 16.9. The average molecular weight is 394 g/mol. The van der Waals surface area contributed by atoms with Crippen LogP contribution in [-0.2, 0) is 0 Å². The first-order valence-corrected chi connectivity index (χ1v) is 9.32. The second-order valence-corrected chi connectivity index (χ2v) is 7.53. The van der Waals surface area contributed by atoms with Crippen molar-refractivity contribution in [2.24, 2.45) is 0 Å². The summed E-state index contributed by atoms with van der Waals surface area (Å²) in [5.74, 6) is 0.620. The molecule has 0 saturated heterocycles. The molecule has 0 bridgehead atoms. The van der Waals surface area contributed by atoms with Crippen LogP contribution in [0.5, 0.6) is 0 Å². The molecule has 4 aromatic rings. The van der Waals surface area contributed by atoms with E-state index in [0.717, 1.165) is 28.2 Å². The van der Waals surface area contributed by atoms with E-state index < -0.39 is 11.2 Å². The number of aromatic amines is 2. The Labute approximate surface area is 164 Å². The van der Waals surface area contributed by atoms with Crippen LogP contribution in [0.2, 0.25) is 5.02 Å². The number of H-pyrrole nitrogens is 2. The molecule has 8 heteroatoms. The molecule has 1 aliphatic rings. The number of benzene rings is 1. The first-order chi connectivity index (χ1) is 13.5. The summed E-state index contributed by atoms with van der Waals surface area (Å²) >= 11 is 6.30. The molecule has 2 atom stereocenters. The second-order valence-electron chi connectivity index (χ2n) is 7.12. The molecule has 1 aromatic carbocycles. The molecule has 0 aliphatic heterocycles. The standard InChI is InChI=1S/C20H16ClN5O2/c1-10-2-3-11(6-16(10)21)12-7-13(12)14-8-17(25-26-5-4-22-18(14)26)15-9-23-20(28)24-19(15)27/h2-6,8-9,12-13H,7H2,1H3,(H2,23,24,27,28)/t12-,13+/m1/s1. The van der Waals surface area contributed by atoms with Gasteiger partial charge in [-0.15, -0.1) is 0 Å². The van der Waals surface area contributed by atoms with E-state index in [1.165, 1.54) is 11.8 Å². The van der Waals surface area contributed by atoms with Gasteiger partial charge in [0.1, 0.15) is 0 Å². The second kappa shape index (κ2) is 6.17. The van der Waals surface area contributed by atoms with Gasteiger partial charge in [-0.2, -0.15) is 5.10 Å². The molecule has 0 spiro atoms. The smallest absolute Gasteiger partial charge is 0.313 e. The summed E-state index contributed by atoms with van der Waals surface area (Å²) in [5.41, 5.74) is 3.85. The van der Waals surface area contributed by atoms with Crippen molar-refractivity contribution < 1.29 is 0 Å². The molecule has 5 rings (SSSR count). The van der Waals surface area contributed by atoms with Crippen molar-refractivity contribution in [1.82, 2.24) is 24.6 Å². The fourth-order valence-corrected chi connectivity index (χ4v) is 3.88. The summed E-state index contributed by atoms with van der Waals surface area (Å²) in [6.45, 7) is 1.99. The van der Waals surface area contributed by atoms with Crippen LogP contribution in [0.3, 0.4) is 0 Å². The van der Waals surface area contributed by atoms with E-state index in [2.05, 4.69) is 26.1 Å². The number of aromatic nitrogens is 5. The predicted molar refractivity (Wildman–Crippen MR) is 106 cm³/mol. The van der Waals surface area contributed by atoms with E-state index in [-0.39, 0.29) is 5.92 Å². The van der Waals surface area contributed by atoms with E-state index in [1.807, 2.05) is 25.1 Å². The van der Waals surface area contributed by atoms with Crippen LogP contribution >= 0.6 is 11.6 Å². The highest BCUT2D eigenvalue weighted by Crippen LogP contribution is 2.56. The highest BCUT2D eigenvalue weighted by molar-refractivity contribution is 6.31. The number of nitrogens with one attached hydrogen (secondary N) is 2. The molecule has 28 heavy (non-hydrogen) atoms. The van der Waals surface area contributed by atoms with Gasteiger partial charge in [0.15, 0.2) is 5.65 Å². The molecule has 140 valence electrons. The molecular weight excluding hydrogens is 378 g/mol. The van der Waals surface area contributed by atoms with E-state index in [1.54, 1.807) is 16.9 Å². The third-order valence-electron chi connectivity index (χ3n) is 5.30. The number of halogens is 1. The predicted octanol–water partition coefficient (Wildman–Crippen LogP) is 3.01. The summed E-state index contributed by atoms with van der Waals surface area (Å²) in [4.78, 5) is 32.7. The molecule has 3 heterocycles. The van der Waals surface area contributed by atoms with Crippen molar-refractivity contribution in [3.05, 3.63) is 85.4 Å². The summed E-state index contributed by atoms with van der Waals surface area (Å²) < 4.78 is 1.67. The lowest BCUT2D eigenvalue weighted by Crippen LogP contribution is -2.23. The van der Waals surface area contributed by atoms with Gasteiger partial charge in [-0.25, -0.2) is 14.3 Å². The molecule has 7 nitrogen and oxygen atoms in total. The molecule has 1 saturated carbocycles. The van der Waals surface area contributed by atoms with Gasteiger partial charge in [0.2, 0.25) is 0 Å². The molecule has 1 fully saturated rings. The summed E-state index contributed by atoms with van der Waals surface area (Å²) in [6, 6.07) is 8.07. The number of hydrogen-bond acceptors (Lipinski definition) is 4. The maximum absolute atomic E-state index is 12.2. The van der Waals surface area contributed by atoms with Gasteiger partial charge >= 0.3 is 5.69 Å². The largest absolute Gasteiger partial charge is 0.325 e. The number of rotatable bonds is 3. The normalized spacial score (nSPS) is 18.5. The fourth-order valence-electron chi connectivity index (χ4n) is 3.69. The van der Waals surface area contributed by atoms with E-state index >= 15 is 0 Å². The maximum atomic E-state index is 12.2. The van der Waals surface area contributed by atoms with Gasteiger partial charge in [0, 0.05) is 29.2 Å². The Kier molecular flexibility index (Phi) is 3.73. The van der Waals surface area contributed by atoms with Gasteiger partial charge in [-0.05, 0) is 48.4 Å². The Bertz CT molecular complexity index is 1340. The van der Waals surface area contributed by atoms with Crippen LogP contribution in [0.15, 0.2) is 52.4 Å². The average Bonchev–Trinajstić information content (AvgIpc) is 3.31.